The highest BCUT2D eigenvalue weighted by atomic mass is 16.5. The van der Waals surface area contributed by atoms with Gasteiger partial charge >= 0.3 is 0 Å². The number of ether oxygens (including phenoxy) is 2. The van der Waals surface area contributed by atoms with E-state index in [2.05, 4.69) is 5.32 Å². The minimum absolute atomic E-state index is 0.0261. The van der Waals surface area contributed by atoms with Gasteiger partial charge in [0.2, 0.25) is 11.8 Å². The number of amides is 2. The minimum Gasteiger partial charge on any atom is -0.382 e. The summed E-state index contributed by atoms with van der Waals surface area (Å²) in [5.41, 5.74) is 0. The SMILES string of the molecule is COCCOCC(=O)N1CCC(NC(=O)C2CCCCC2)CC1. The topological polar surface area (TPSA) is 67.9 Å². The standard InChI is InChI=1S/C17H30N2O4/c1-22-11-12-23-13-16(20)19-9-7-15(8-10-19)18-17(21)14-5-3-2-4-6-14/h14-15H,2-13H2,1H3,(H,18,21). The fourth-order valence-corrected chi connectivity index (χ4v) is 3.35. The van der Waals surface area contributed by atoms with Crippen molar-refractivity contribution in [1.29, 1.82) is 0 Å². The Morgan fingerprint density at radius 2 is 1.74 bits per heavy atom. The van der Waals surface area contributed by atoms with Gasteiger partial charge in [0.05, 0.1) is 13.2 Å². The molecule has 1 heterocycles. The Hall–Kier alpha value is -1.14. The van der Waals surface area contributed by atoms with Crippen molar-refractivity contribution in [2.24, 2.45) is 5.92 Å². The Bertz CT molecular complexity index is 375. The van der Waals surface area contributed by atoms with Gasteiger partial charge in [-0.1, -0.05) is 19.3 Å². The van der Waals surface area contributed by atoms with Crippen molar-refractivity contribution >= 4 is 11.8 Å². The van der Waals surface area contributed by atoms with E-state index in [0.717, 1.165) is 25.7 Å². The number of piperidine rings is 1. The summed E-state index contributed by atoms with van der Waals surface area (Å²) >= 11 is 0. The highest BCUT2D eigenvalue weighted by Crippen LogP contribution is 2.24. The van der Waals surface area contributed by atoms with Gasteiger partial charge in [-0.25, -0.2) is 0 Å². The van der Waals surface area contributed by atoms with Crippen LogP contribution < -0.4 is 5.32 Å². The summed E-state index contributed by atoms with van der Waals surface area (Å²) in [5.74, 6) is 0.452. The van der Waals surface area contributed by atoms with Crippen LogP contribution in [-0.4, -0.2) is 62.8 Å². The van der Waals surface area contributed by atoms with Crippen LogP contribution in [0.5, 0.6) is 0 Å². The van der Waals surface area contributed by atoms with Crippen LogP contribution in [0, 0.1) is 5.92 Å². The molecule has 6 heteroatoms. The zero-order valence-corrected chi connectivity index (χ0v) is 14.2. The van der Waals surface area contributed by atoms with Crippen LogP contribution >= 0.6 is 0 Å². The van der Waals surface area contributed by atoms with Crippen molar-refractivity contribution in [2.45, 2.75) is 51.0 Å². The van der Waals surface area contributed by atoms with Crippen LogP contribution in [-0.2, 0) is 19.1 Å². The average Bonchev–Trinajstić information content (AvgIpc) is 2.60. The van der Waals surface area contributed by atoms with E-state index < -0.39 is 0 Å². The van der Waals surface area contributed by atoms with E-state index in [9.17, 15) is 9.59 Å². The number of hydrogen-bond acceptors (Lipinski definition) is 4. The molecule has 1 aliphatic heterocycles. The molecule has 1 saturated carbocycles. The molecule has 0 bridgehead atoms. The summed E-state index contributed by atoms with van der Waals surface area (Å²) in [7, 11) is 1.61. The third kappa shape index (κ3) is 6.11. The fourth-order valence-electron chi connectivity index (χ4n) is 3.35. The molecule has 132 valence electrons. The molecule has 0 atom stereocenters. The minimum atomic E-state index is 0.0261. The molecule has 1 aliphatic carbocycles. The van der Waals surface area contributed by atoms with E-state index in [-0.39, 0.29) is 30.4 Å². The molecule has 0 spiro atoms. The van der Waals surface area contributed by atoms with Crippen LogP contribution in [0.3, 0.4) is 0 Å². The molecule has 1 N–H and O–H groups in total. The first-order valence-electron chi connectivity index (χ1n) is 8.85. The second kappa shape index (κ2) is 9.88. The van der Waals surface area contributed by atoms with Crippen molar-refractivity contribution in [3.8, 4) is 0 Å². The largest absolute Gasteiger partial charge is 0.382 e. The van der Waals surface area contributed by atoms with Crippen LogP contribution in [0.2, 0.25) is 0 Å². The highest BCUT2D eigenvalue weighted by Gasteiger charge is 2.27. The zero-order valence-electron chi connectivity index (χ0n) is 14.2. The molecule has 2 amide bonds. The molecule has 23 heavy (non-hydrogen) atoms. The van der Waals surface area contributed by atoms with Gasteiger partial charge in [-0.3, -0.25) is 9.59 Å². The lowest BCUT2D eigenvalue weighted by atomic mass is 9.88. The summed E-state index contributed by atoms with van der Waals surface area (Å²) in [6.45, 7) is 2.45. The Morgan fingerprint density at radius 1 is 1.04 bits per heavy atom. The monoisotopic (exact) mass is 326 g/mol. The van der Waals surface area contributed by atoms with Gasteiger partial charge in [0.15, 0.2) is 0 Å². The summed E-state index contributed by atoms with van der Waals surface area (Å²) in [6, 6.07) is 0.211. The third-order valence-electron chi connectivity index (χ3n) is 4.83. The fraction of sp³-hybridized carbons (Fsp3) is 0.882. The molecule has 0 aromatic heterocycles. The molecule has 2 aliphatic rings. The van der Waals surface area contributed by atoms with Gasteiger partial charge in [0, 0.05) is 32.2 Å². The number of hydrogen-bond donors (Lipinski definition) is 1. The van der Waals surface area contributed by atoms with Crippen LogP contribution in [0.15, 0.2) is 0 Å². The lowest BCUT2D eigenvalue weighted by molar-refractivity contribution is -0.137. The number of likely N-dealkylation sites (tertiary alicyclic amines) is 1. The van der Waals surface area contributed by atoms with E-state index in [1.807, 2.05) is 4.90 Å². The van der Waals surface area contributed by atoms with Gasteiger partial charge in [-0.05, 0) is 25.7 Å². The van der Waals surface area contributed by atoms with E-state index >= 15 is 0 Å². The molecule has 1 saturated heterocycles. The summed E-state index contributed by atoms with van der Waals surface area (Å²) < 4.78 is 10.2. The van der Waals surface area contributed by atoms with Crippen molar-refractivity contribution in [3.63, 3.8) is 0 Å². The Balaban J connectivity index is 1.63. The molecular weight excluding hydrogens is 296 g/mol. The van der Waals surface area contributed by atoms with Gasteiger partial charge in [0.1, 0.15) is 6.61 Å². The first kappa shape index (κ1) is 18.2. The summed E-state index contributed by atoms with van der Waals surface area (Å²) in [4.78, 5) is 26.1. The molecular formula is C17H30N2O4. The molecule has 0 radical (unpaired) electrons. The van der Waals surface area contributed by atoms with Crippen molar-refractivity contribution in [3.05, 3.63) is 0 Å². The van der Waals surface area contributed by atoms with Crippen molar-refractivity contribution in [2.75, 3.05) is 40.0 Å². The predicted octanol–water partition coefficient (Wildman–Crippen LogP) is 1.34. The molecule has 2 fully saturated rings. The van der Waals surface area contributed by atoms with E-state index in [4.69, 9.17) is 9.47 Å². The third-order valence-corrected chi connectivity index (χ3v) is 4.83. The van der Waals surface area contributed by atoms with Crippen LogP contribution in [0.1, 0.15) is 44.9 Å². The summed E-state index contributed by atoms with van der Waals surface area (Å²) in [5, 5.41) is 3.18. The maximum atomic E-state index is 12.3. The van der Waals surface area contributed by atoms with E-state index in [0.29, 0.717) is 26.3 Å². The molecule has 0 aromatic carbocycles. The Morgan fingerprint density at radius 3 is 2.39 bits per heavy atom. The van der Waals surface area contributed by atoms with Crippen molar-refractivity contribution in [1.82, 2.24) is 10.2 Å². The molecule has 0 aromatic rings. The van der Waals surface area contributed by atoms with Crippen molar-refractivity contribution < 1.29 is 19.1 Å². The maximum absolute atomic E-state index is 12.3. The average molecular weight is 326 g/mol. The van der Waals surface area contributed by atoms with Gasteiger partial charge in [-0.2, -0.15) is 0 Å². The normalized spacial score (nSPS) is 20.5. The maximum Gasteiger partial charge on any atom is 0.248 e. The number of nitrogens with one attached hydrogen (secondary N) is 1. The van der Waals surface area contributed by atoms with Gasteiger partial charge in [-0.15, -0.1) is 0 Å². The van der Waals surface area contributed by atoms with Gasteiger partial charge < -0.3 is 19.7 Å². The number of carbonyl (C=O) groups is 2. The quantitative estimate of drug-likeness (QED) is 0.717. The lowest BCUT2D eigenvalue weighted by Gasteiger charge is -2.33. The number of carbonyl (C=O) groups excluding carboxylic acids is 2. The second-order valence-corrected chi connectivity index (χ2v) is 6.54. The smallest absolute Gasteiger partial charge is 0.248 e. The zero-order chi connectivity index (χ0) is 16.5. The Labute approximate surface area is 138 Å². The van der Waals surface area contributed by atoms with Gasteiger partial charge in [0.25, 0.3) is 0 Å². The first-order chi connectivity index (χ1) is 11.2. The second-order valence-electron chi connectivity index (χ2n) is 6.54. The van der Waals surface area contributed by atoms with E-state index in [1.165, 1.54) is 19.3 Å². The number of nitrogens with zero attached hydrogens (tertiary/aromatic N) is 1. The lowest BCUT2D eigenvalue weighted by Crippen LogP contribution is -2.48. The molecule has 2 rings (SSSR count). The van der Waals surface area contributed by atoms with Crippen LogP contribution in [0.4, 0.5) is 0 Å². The predicted molar refractivity (Wildman–Crippen MR) is 87.0 cm³/mol. The molecule has 6 nitrogen and oxygen atoms in total. The highest BCUT2D eigenvalue weighted by molar-refractivity contribution is 5.79. The van der Waals surface area contributed by atoms with Crippen LogP contribution in [0.25, 0.3) is 0 Å². The first-order valence-corrected chi connectivity index (χ1v) is 8.85. The number of methoxy groups -OCH3 is 1. The molecule has 0 unspecified atom stereocenters. The van der Waals surface area contributed by atoms with E-state index in [1.54, 1.807) is 7.11 Å². The number of rotatable bonds is 7. The Kier molecular flexibility index (Phi) is 7.82. The summed E-state index contributed by atoms with van der Waals surface area (Å²) in [6.07, 6.45) is 7.34.